The van der Waals surface area contributed by atoms with Gasteiger partial charge in [0.2, 0.25) is 0 Å². The highest BCUT2D eigenvalue weighted by atomic mass is 16.5. The van der Waals surface area contributed by atoms with E-state index in [0.29, 0.717) is 12.6 Å². The van der Waals surface area contributed by atoms with Crippen LogP contribution in [0.25, 0.3) is 0 Å². The molecule has 0 aliphatic heterocycles. The zero-order valence-electron chi connectivity index (χ0n) is 10.8. The van der Waals surface area contributed by atoms with Gasteiger partial charge in [-0.15, -0.1) is 0 Å². The van der Waals surface area contributed by atoms with Crippen LogP contribution >= 0.6 is 0 Å². The first-order valence-electron chi connectivity index (χ1n) is 5.91. The van der Waals surface area contributed by atoms with Gasteiger partial charge in [0.25, 0.3) is 0 Å². The SMILES string of the molecule is CC(C)NCC(C)(C)OCc1ccccc1. The van der Waals surface area contributed by atoms with E-state index in [-0.39, 0.29) is 5.60 Å². The molecule has 0 aliphatic rings. The van der Waals surface area contributed by atoms with E-state index in [1.807, 2.05) is 18.2 Å². The predicted octanol–water partition coefficient (Wildman–Crippen LogP) is 2.98. The zero-order valence-corrected chi connectivity index (χ0v) is 10.8. The minimum atomic E-state index is -0.125. The summed E-state index contributed by atoms with van der Waals surface area (Å²) in [5.74, 6) is 0. The topological polar surface area (TPSA) is 21.3 Å². The third-order valence-electron chi connectivity index (χ3n) is 2.41. The second kappa shape index (κ2) is 6.02. The lowest BCUT2D eigenvalue weighted by molar-refractivity contribution is -0.0289. The molecule has 1 N–H and O–H groups in total. The van der Waals surface area contributed by atoms with Crippen molar-refractivity contribution < 1.29 is 4.74 Å². The van der Waals surface area contributed by atoms with E-state index in [1.165, 1.54) is 5.56 Å². The Kier molecular flexibility index (Phi) is 4.97. The van der Waals surface area contributed by atoms with Crippen LogP contribution in [0.1, 0.15) is 33.3 Å². The first-order valence-corrected chi connectivity index (χ1v) is 5.91. The Balaban J connectivity index is 2.36. The molecule has 0 saturated carbocycles. The van der Waals surface area contributed by atoms with Crippen LogP contribution in [-0.4, -0.2) is 18.2 Å². The molecular weight excluding hydrogens is 198 g/mol. The Labute approximate surface area is 99.0 Å². The van der Waals surface area contributed by atoms with E-state index in [1.54, 1.807) is 0 Å². The lowest BCUT2D eigenvalue weighted by atomic mass is 10.1. The lowest BCUT2D eigenvalue weighted by Crippen LogP contribution is -2.40. The van der Waals surface area contributed by atoms with Crippen molar-refractivity contribution in [2.24, 2.45) is 0 Å². The van der Waals surface area contributed by atoms with Crippen molar-refractivity contribution in [2.45, 2.75) is 45.9 Å². The normalized spacial score (nSPS) is 12.1. The number of benzene rings is 1. The molecule has 1 aromatic rings. The van der Waals surface area contributed by atoms with Gasteiger partial charge in [0.1, 0.15) is 0 Å². The summed E-state index contributed by atoms with van der Waals surface area (Å²) in [5.41, 5.74) is 1.10. The summed E-state index contributed by atoms with van der Waals surface area (Å²) >= 11 is 0. The molecule has 1 rings (SSSR count). The molecule has 16 heavy (non-hydrogen) atoms. The fourth-order valence-corrected chi connectivity index (χ4v) is 1.35. The van der Waals surface area contributed by atoms with Gasteiger partial charge in [0, 0.05) is 12.6 Å². The minimum absolute atomic E-state index is 0.125. The van der Waals surface area contributed by atoms with Crippen LogP contribution < -0.4 is 5.32 Å². The molecule has 0 spiro atoms. The third kappa shape index (κ3) is 5.29. The summed E-state index contributed by atoms with van der Waals surface area (Å²) in [6.45, 7) is 10.1. The Morgan fingerprint density at radius 3 is 2.38 bits per heavy atom. The number of nitrogens with one attached hydrogen (secondary N) is 1. The summed E-state index contributed by atoms with van der Waals surface area (Å²) in [5, 5.41) is 3.40. The molecular formula is C14H23NO. The van der Waals surface area contributed by atoms with Crippen molar-refractivity contribution in [3.05, 3.63) is 35.9 Å². The van der Waals surface area contributed by atoms with Gasteiger partial charge in [0.15, 0.2) is 0 Å². The van der Waals surface area contributed by atoms with Crippen LogP contribution in [0, 0.1) is 0 Å². The van der Waals surface area contributed by atoms with Crippen LogP contribution in [0.15, 0.2) is 30.3 Å². The minimum Gasteiger partial charge on any atom is -0.370 e. The molecule has 0 aliphatic carbocycles. The molecule has 90 valence electrons. The van der Waals surface area contributed by atoms with E-state index >= 15 is 0 Å². The van der Waals surface area contributed by atoms with E-state index in [2.05, 4.69) is 45.1 Å². The molecule has 0 fully saturated rings. The first-order chi connectivity index (χ1) is 7.49. The van der Waals surface area contributed by atoms with Gasteiger partial charge < -0.3 is 10.1 Å². The third-order valence-corrected chi connectivity index (χ3v) is 2.41. The molecule has 0 amide bonds. The second-order valence-corrected chi connectivity index (χ2v) is 5.07. The van der Waals surface area contributed by atoms with Crippen molar-refractivity contribution in [1.82, 2.24) is 5.32 Å². The zero-order chi connectivity index (χ0) is 12.0. The van der Waals surface area contributed by atoms with Gasteiger partial charge in [-0.2, -0.15) is 0 Å². The monoisotopic (exact) mass is 221 g/mol. The highest BCUT2D eigenvalue weighted by Crippen LogP contribution is 2.12. The van der Waals surface area contributed by atoms with Crippen LogP contribution in [-0.2, 0) is 11.3 Å². The second-order valence-electron chi connectivity index (χ2n) is 5.07. The molecule has 0 atom stereocenters. The van der Waals surface area contributed by atoms with Crippen LogP contribution in [0.2, 0.25) is 0 Å². The fourth-order valence-electron chi connectivity index (χ4n) is 1.35. The van der Waals surface area contributed by atoms with Crippen LogP contribution in [0.4, 0.5) is 0 Å². The number of hydrogen-bond donors (Lipinski definition) is 1. The summed E-state index contributed by atoms with van der Waals surface area (Å²) in [7, 11) is 0. The van der Waals surface area contributed by atoms with Gasteiger partial charge in [-0.1, -0.05) is 44.2 Å². The van der Waals surface area contributed by atoms with Crippen LogP contribution in [0.3, 0.4) is 0 Å². The summed E-state index contributed by atoms with van der Waals surface area (Å²) in [6, 6.07) is 10.8. The van der Waals surface area contributed by atoms with E-state index in [0.717, 1.165) is 6.54 Å². The van der Waals surface area contributed by atoms with Gasteiger partial charge in [-0.05, 0) is 19.4 Å². The highest BCUT2D eigenvalue weighted by molar-refractivity contribution is 5.13. The van der Waals surface area contributed by atoms with Crippen molar-refractivity contribution in [3.8, 4) is 0 Å². The molecule has 0 aromatic heterocycles. The van der Waals surface area contributed by atoms with Gasteiger partial charge in [-0.3, -0.25) is 0 Å². The molecule has 2 heteroatoms. The first kappa shape index (κ1) is 13.2. The fraction of sp³-hybridized carbons (Fsp3) is 0.571. The maximum atomic E-state index is 5.90. The number of ether oxygens (including phenoxy) is 1. The standard InChI is InChI=1S/C14H23NO/c1-12(2)15-11-14(3,4)16-10-13-8-6-5-7-9-13/h5-9,12,15H,10-11H2,1-4H3. The highest BCUT2D eigenvalue weighted by Gasteiger charge is 2.18. The predicted molar refractivity (Wildman–Crippen MR) is 68.4 cm³/mol. The average molecular weight is 221 g/mol. The molecule has 2 nitrogen and oxygen atoms in total. The van der Waals surface area contributed by atoms with Gasteiger partial charge in [-0.25, -0.2) is 0 Å². The van der Waals surface area contributed by atoms with E-state index in [4.69, 9.17) is 4.74 Å². The molecule has 0 unspecified atom stereocenters. The summed E-state index contributed by atoms with van der Waals surface area (Å²) < 4.78 is 5.90. The Morgan fingerprint density at radius 2 is 1.81 bits per heavy atom. The Morgan fingerprint density at radius 1 is 1.19 bits per heavy atom. The molecule has 1 aromatic carbocycles. The van der Waals surface area contributed by atoms with Crippen molar-refractivity contribution in [2.75, 3.05) is 6.54 Å². The number of rotatable bonds is 6. The Hall–Kier alpha value is -0.860. The molecule has 0 bridgehead atoms. The van der Waals surface area contributed by atoms with Crippen molar-refractivity contribution in [3.63, 3.8) is 0 Å². The van der Waals surface area contributed by atoms with E-state index < -0.39 is 0 Å². The molecule has 0 heterocycles. The Bertz CT molecular complexity index is 293. The van der Waals surface area contributed by atoms with Crippen molar-refractivity contribution in [1.29, 1.82) is 0 Å². The maximum Gasteiger partial charge on any atom is 0.0754 e. The smallest absolute Gasteiger partial charge is 0.0754 e. The quantitative estimate of drug-likeness (QED) is 0.797. The maximum absolute atomic E-state index is 5.90. The van der Waals surface area contributed by atoms with Crippen molar-refractivity contribution >= 4 is 0 Å². The number of hydrogen-bond acceptors (Lipinski definition) is 2. The van der Waals surface area contributed by atoms with E-state index in [9.17, 15) is 0 Å². The molecule has 0 saturated heterocycles. The summed E-state index contributed by atoms with van der Waals surface area (Å²) in [4.78, 5) is 0. The lowest BCUT2D eigenvalue weighted by Gasteiger charge is -2.27. The van der Waals surface area contributed by atoms with Gasteiger partial charge in [0.05, 0.1) is 12.2 Å². The molecule has 0 radical (unpaired) electrons. The van der Waals surface area contributed by atoms with Crippen LogP contribution in [0.5, 0.6) is 0 Å². The van der Waals surface area contributed by atoms with Gasteiger partial charge >= 0.3 is 0 Å². The largest absolute Gasteiger partial charge is 0.370 e. The average Bonchev–Trinajstić information content (AvgIpc) is 2.26. The summed E-state index contributed by atoms with van der Waals surface area (Å²) in [6.07, 6.45) is 0.